The fourth-order valence-electron chi connectivity index (χ4n) is 3.62. The van der Waals surface area contributed by atoms with Gasteiger partial charge in [-0.25, -0.2) is 4.39 Å². The number of amides is 2. The van der Waals surface area contributed by atoms with Crippen LogP contribution in [0.2, 0.25) is 0 Å². The fourth-order valence-corrected chi connectivity index (χ4v) is 3.62. The minimum absolute atomic E-state index is 0.106. The first kappa shape index (κ1) is 19.8. The van der Waals surface area contributed by atoms with Gasteiger partial charge >= 0.3 is 0 Å². The maximum atomic E-state index is 13.2. The highest BCUT2D eigenvalue weighted by molar-refractivity contribution is 5.83. The minimum Gasteiger partial charge on any atom is -0.342 e. The van der Waals surface area contributed by atoms with Gasteiger partial charge in [0, 0.05) is 38.6 Å². The molecular formula is C21H30FN3O2. The third kappa shape index (κ3) is 5.51. The van der Waals surface area contributed by atoms with Gasteiger partial charge in [0.05, 0.1) is 5.92 Å². The largest absolute Gasteiger partial charge is 0.342 e. The molecule has 0 radical (unpaired) electrons. The number of likely N-dealkylation sites (tertiary alicyclic amines) is 1. The summed E-state index contributed by atoms with van der Waals surface area (Å²) in [6, 6.07) is 6.32. The van der Waals surface area contributed by atoms with Crippen molar-refractivity contribution in [2.45, 2.75) is 32.2 Å². The molecule has 5 nitrogen and oxygen atoms in total. The number of hydrogen-bond acceptors (Lipinski definition) is 3. The van der Waals surface area contributed by atoms with Crippen LogP contribution in [-0.2, 0) is 16.1 Å². The van der Waals surface area contributed by atoms with E-state index in [9.17, 15) is 14.0 Å². The maximum absolute atomic E-state index is 13.2. The van der Waals surface area contributed by atoms with Crippen molar-refractivity contribution < 1.29 is 14.0 Å². The second kappa shape index (κ2) is 8.83. The summed E-state index contributed by atoms with van der Waals surface area (Å²) in [7, 11) is 3.97. The van der Waals surface area contributed by atoms with E-state index in [0.717, 1.165) is 44.3 Å². The summed E-state index contributed by atoms with van der Waals surface area (Å²) in [4.78, 5) is 31.4. The van der Waals surface area contributed by atoms with Gasteiger partial charge in [-0.15, -0.1) is 0 Å². The van der Waals surface area contributed by atoms with Crippen molar-refractivity contribution in [3.05, 3.63) is 35.6 Å². The van der Waals surface area contributed by atoms with Crippen LogP contribution in [-0.4, -0.2) is 66.8 Å². The normalized spacial score (nSPS) is 20.0. The van der Waals surface area contributed by atoms with E-state index in [1.54, 1.807) is 12.1 Å². The molecule has 0 aromatic heterocycles. The Balaban J connectivity index is 1.66. The van der Waals surface area contributed by atoms with Crippen LogP contribution >= 0.6 is 0 Å². The van der Waals surface area contributed by atoms with Gasteiger partial charge in [0.15, 0.2) is 0 Å². The number of hydrogen-bond donors (Lipinski definition) is 0. The molecule has 0 spiro atoms. The Morgan fingerprint density at radius 3 is 2.41 bits per heavy atom. The summed E-state index contributed by atoms with van der Waals surface area (Å²) in [5.41, 5.74) is 0.922. The zero-order valence-corrected chi connectivity index (χ0v) is 16.4. The third-order valence-electron chi connectivity index (χ3n) is 5.42. The van der Waals surface area contributed by atoms with Crippen molar-refractivity contribution >= 4 is 11.8 Å². The number of likely N-dealkylation sites (N-methyl/N-ethyl adjacent to an activating group) is 1. The van der Waals surface area contributed by atoms with Crippen LogP contribution in [0.4, 0.5) is 4.39 Å². The predicted molar refractivity (Wildman–Crippen MR) is 102 cm³/mol. The Bertz CT molecular complexity index is 658. The molecule has 1 saturated carbocycles. The van der Waals surface area contributed by atoms with Crippen molar-refractivity contribution in [1.29, 1.82) is 0 Å². The molecule has 2 amide bonds. The molecule has 2 aliphatic rings. The number of rotatable bonds is 7. The Morgan fingerprint density at radius 1 is 1.07 bits per heavy atom. The van der Waals surface area contributed by atoms with Gasteiger partial charge in [-0.3, -0.25) is 9.59 Å². The number of carbonyl (C=O) groups excluding carboxylic acids is 2. The molecule has 0 bridgehead atoms. The lowest BCUT2D eigenvalue weighted by molar-refractivity contribution is -0.142. The average molecular weight is 375 g/mol. The molecular weight excluding hydrogens is 345 g/mol. The molecule has 1 saturated heterocycles. The van der Waals surface area contributed by atoms with Gasteiger partial charge < -0.3 is 14.7 Å². The monoisotopic (exact) mass is 375 g/mol. The molecule has 1 aliphatic heterocycles. The molecule has 27 heavy (non-hydrogen) atoms. The zero-order valence-electron chi connectivity index (χ0n) is 16.4. The van der Waals surface area contributed by atoms with E-state index < -0.39 is 0 Å². The Kier molecular flexibility index (Phi) is 6.47. The highest BCUT2D eigenvalue weighted by Gasteiger charge is 2.37. The first-order chi connectivity index (χ1) is 12.9. The number of benzene rings is 1. The van der Waals surface area contributed by atoms with E-state index in [2.05, 4.69) is 4.90 Å². The van der Waals surface area contributed by atoms with E-state index in [4.69, 9.17) is 0 Å². The molecule has 1 atom stereocenters. The number of nitrogens with zero attached hydrogens (tertiary/aromatic N) is 3. The molecule has 1 aliphatic carbocycles. The highest BCUT2D eigenvalue weighted by atomic mass is 19.1. The van der Waals surface area contributed by atoms with Gasteiger partial charge in [0.2, 0.25) is 11.8 Å². The van der Waals surface area contributed by atoms with Gasteiger partial charge in [0.25, 0.3) is 0 Å². The molecule has 1 aromatic rings. The quantitative estimate of drug-likeness (QED) is 0.735. The third-order valence-corrected chi connectivity index (χ3v) is 5.42. The van der Waals surface area contributed by atoms with Gasteiger partial charge in [-0.1, -0.05) is 12.1 Å². The SMILES string of the molecule is CN(C)CCN(Cc1ccc(F)cc1)C(=O)C1CCCN(C(=O)C2CC2)C1. The maximum Gasteiger partial charge on any atom is 0.227 e. The first-order valence-electron chi connectivity index (χ1n) is 9.91. The second-order valence-electron chi connectivity index (χ2n) is 8.09. The fraction of sp³-hybridized carbons (Fsp3) is 0.619. The lowest BCUT2D eigenvalue weighted by atomic mass is 9.95. The van der Waals surface area contributed by atoms with E-state index in [0.29, 0.717) is 19.6 Å². The average Bonchev–Trinajstić information content (AvgIpc) is 3.50. The number of piperidine rings is 1. The molecule has 148 valence electrons. The van der Waals surface area contributed by atoms with E-state index in [1.807, 2.05) is 23.9 Å². The number of carbonyl (C=O) groups is 2. The molecule has 1 unspecified atom stereocenters. The van der Waals surface area contributed by atoms with Crippen molar-refractivity contribution in [2.75, 3.05) is 40.3 Å². The summed E-state index contributed by atoms with van der Waals surface area (Å²) in [6.07, 6.45) is 3.70. The molecule has 1 aromatic carbocycles. The number of halogens is 1. The van der Waals surface area contributed by atoms with Crippen molar-refractivity contribution in [3.63, 3.8) is 0 Å². The van der Waals surface area contributed by atoms with Crippen LogP contribution in [0.25, 0.3) is 0 Å². The molecule has 1 heterocycles. The smallest absolute Gasteiger partial charge is 0.227 e. The predicted octanol–water partition coefficient (Wildman–Crippen LogP) is 2.36. The Hall–Kier alpha value is -1.95. The molecule has 3 rings (SSSR count). The zero-order chi connectivity index (χ0) is 19.4. The lowest BCUT2D eigenvalue weighted by Gasteiger charge is -2.35. The summed E-state index contributed by atoms with van der Waals surface area (Å²) < 4.78 is 13.2. The highest BCUT2D eigenvalue weighted by Crippen LogP contribution is 2.32. The van der Waals surface area contributed by atoms with Crippen molar-refractivity contribution in [1.82, 2.24) is 14.7 Å². The van der Waals surface area contributed by atoms with E-state index >= 15 is 0 Å². The van der Waals surface area contributed by atoms with Crippen LogP contribution in [0.3, 0.4) is 0 Å². The van der Waals surface area contributed by atoms with Crippen molar-refractivity contribution in [3.8, 4) is 0 Å². The van der Waals surface area contributed by atoms with E-state index in [1.165, 1.54) is 12.1 Å². The minimum atomic E-state index is -0.272. The molecule has 2 fully saturated rings. The molecule has 0 N–H and O–H groups in total. The lowest BCUT2D eigenvalue weighted by Crippen LogP contribution is -2.48. The van der Waals surface area contributed by atoms with Gasteiger partial charge in [0.1, 0.15) is 5.82 Å². The summed E-state index contributed by atoms with van der Waals surface area (Å²) in [6.45, 7) is 3.17. The van der Waals surface area contributed by atoms with Gasteiger partial charge in [-0.05, 0) is 57.5 Å². The van der Waals surface area contributed by atoms with Crippen LogP contribution < -0.4 is 0 Å². The molecule has 6 heteroatoms. The standard InChI is InChI=1S/C21H30FN3O2/c1-23(2)12-13-25(14-16-5-9-19(22)10-6-16)21(27)18-4-3-11-24(15-18)20(26)17-7-8-17/h5-6,9-10,17-18H,3-4,7-8,11-15H2,1-2H3. The van der Waals surface area contributed by atoms with Crippen molar-refractivity contribution in [2.24, 2.45) is 11.8 Å². The van der Waals surface area contributed by atoms with Gasteiger partial charge in [-0.2, -0.15) is 0 Å². The Labute approximate surface area is 161 Å². The second-order valence-corrected chi connectivity index (χ2v) is 8.09. The van der Waals surface area contributed by atoms with Crippen LogP contribution in [0.15, 0.2) is 24.3 Å². The first-order valence-corrected chi connectivity index (χ1v) is 9.91. The van der Waals surface area contributed by atoms with Crippen LogP contribution in [0, 0.1) is 17.7 Å². The summed E-state index contributed by atoms with van der Waals surface area (Å²) >= 11 is 0. The summed E-state index contributed by atoms with van der Waals surface area (Å²) in [5, 5.41) is 0. The summed E-state index contributed by atoms with van der Waals surface area (Å²) in [5.74, 6) is 0.124. The Morgan fingerprint density at radius 2 is 1.78 bits per heavy atom. The van der Waals surface area contributed by atoms with Crippen LogP contribution in [0.1, 0.15) is 31.2 Å². The van der Waals surface area contributed by atoms with Crippen LogP contribution in [0.5, 0.6) is 0 Å². The van der Waals surface area contributed by atoms with E-state index in [-0.39, 0.29) is 29.5 Å². The topological polar surface area (TPSA) is 43.9 Å².